The molecule has 5 heteroatoms. The van der Waals surface area contributed by atoms with Gasteiger partial charge in [-0.05, 0) is 46.1 Å². The smallest absolute Gasteiger partial charge is 0.155 e. The van der Waals surface area contributed by atoms with Crippen molar-refractivity contribution in [2.45, 2.75) is 25.8 Å². The molecule has 0 amide bonds. The number of nitrogens with zero attached hydrogens (tertiary/aromatic N) is 4. The van der Waals surface area contributed by atoms with E-state index >= 15 is 0 Å². The third-order valence-corrected chi connectivity index (χ3v) is 3.66. The van der Waals surface area contributed by atoms with Crippen molar-refractivity contribution in [3.63, 3.8) is 0 Å². The lowest BCUT2D eigenvalue weighted by Crippen LogP contribution is -2.09. The van der Waals surface area contributed by atoms with Crippen LogP contribution in [0.5, 0.6) is 0 Å². The minimum absolute atomic E-state index is 0.709. The Hall–Kier alpha value is -2.27. The molecule has 1 aromatic heterocycles. The highest BCUT2D eigenvalue weighted by Gasteiger charge is 2.09. The second-order valence-electron chi connectivity index (χ2n) is 5.13. The van der Waals surface area contributed by atoms with Crippen LogP contribution in [-0.4, -0.2) is 26.8 Å². The molecule has 1 heterocycles. The number of fused-ring (bicyclic) bond motifs is 1. The zero-order valence-corrected chi connectivity index (χ0v) is 11.9. The fourth-order valence-corrected chi connectivity index (χ4v) is 2.55. The molecule has 0 aliphatic rings. The van der Waals surface area contributed by atoms with Crippen molar-refractivity contribution in [1.82, 2.24) is 20.2 Å². The first-order chi connectivity index (χ1) is 10.4. The number of hydrogen-bond acceptors (Lipinski definition) is 4. The molecule has 2 aromatic carbocycles. The first kappa shape index (κ1) is 13.7. The number of aromatic nitrogens is 4. The van der Waals surface area contributed by atoms with Crippen molar-refractivity contribution in [3.8, 4) is 0 Å². The van der Waals surface area contributed by atoms with E-state index in [1.165, 1.54) is 16.3 Å². The lowest BCUT2D eigenvalue weighted by Gasteiger charge is -2.07. The summed E-state index contributed by atoms with van der Waals surface area (Å²) in [5.41, 5.74) is 6.78. The van der Waals surface area contributed by atoms with E-state index in [9.17, 15) is 0 Å². The van der Waals surface area contributed by atoms with Gasteiger partial charge in [-0.3, -0.25) is 0 Å². The van der Waals surface area contributed by atoms with E-state index in [0.29, 0.717) is 6.54 Å². The number of benzene rings is 2. The van der Waals surface area contributed by atoms with E-state index in [0.717, 1.165) is 31.6 Å². The van der Waals surface area contributed by atoms with E-state index < -0.39 is 0 Å². The van der Waals surface area contributed by atoms with Crippen molar-refractivity contribution in [2.75, 3.05) is 6.54 Å². The third-order valence-electron chi connectivity index (χ3n) is 3.66. The number of aryl methyl sites for hydroxylation is 1. The number of rotatable bonds is 6. The molecule has 0 unspecified atom stereocenters. The largest absolute Gasteiger partial charge is 0.330 e. The Labute approximate surface area is 123 Å². The third kappa shape index (κ3) is 3.08. The molecule has 2 N–H and O–H groups in total. The van der Waals surface area contributed by atoms with Gasteiger partial charge in [0.25, 0.3) is 0 Å². The maximum atomic E-state index is 5.53. The Morgan fingerprint density at radius 3 is 2.76 bits per heavy atom. The Bertz CT molecular complexity index is 714. The summed E-state index contributed by atoms with van der Waals surface area (Å²) < 4.78 is 1.89. The maximum absolute atomic E-state index is 5.53. The van der Waals surface area contributed by atoms with Crippen LogP contribution in [0, 0.1) is 0 Å². The number of hydrogen-bond donors (Lipinski definition) is 1. The summed E-state index contributed by atoms with van der Waals surface area (Å²) in [6, 6.07) is 14.7. The zero-order valence-electron chi connectivity index (χ0n) is 11.9. The van der Waals surface area contributed by atoms with E-state index in [1.807, 2.05) is 4.68 Å². The highest BCUT2D eigenvalue weighted by atomic mass is 15.5. The molecule has 0 fully saturated rings. The van der Waals surface area contributed by atoms with Crippen LogP contribution in [0.1, 0.15) is 24.2 Å². The Balaban J connectivity index is 1.84. The minimum atomic E-state index is 0.709. The summed E-state index contributed by atoms with van der Waals surface area (Å²) in [7, 11) is 0. The van der Waals surface area contributed by atoms with Gasteiger partial charge in [-0.25, -0.2) is 4.68 Å². The molecular weight excluding hydrogens is 262 g/mol. The first-order valence-corrected chi connectivity index (χ1v) is 7.30. The van der Waals surface area contributed by atoms with Gasteiger partial charge in [0, 0.05) is 13.0 Å². The van der Waals surface area contributed by atoms with Crippen LogP contribution in [0.4, 0.5) is 0 Å². The van der Waals surface area contributed by atoms with Crippen molar-refractivity contribution in [3.05, 3.63) is 53.9 Å². The SMILES string of the molecule is NCCCCn1nnnc1Cc1cccc2ccccc12. The lowest BCUT2D eigenvalue weighted by atomic mass is 10.0. The highest BCUT2D eigenvalue weighted by molar-refractivity contribution is 5.85. The van der Waals surface area contributed by atoms with Gasteiger partial charge in [0.05, 0.1) is 0 Å². The van der Waals surface area contributed by atoms with Gasteiger partial charge in [-0.15, -0.1) is 5.10 Å². The number of tetrazole rings is 1. The van der Waals surface area contributed by atoms with Crippen molar-refractivity contribution >= 4 is 10.8 Å². The molecule has 3 aromatic rings. The molecule has 0 aliphatic carbocycles. The Morgan fingerprint density at radius 2 is 1.86 bits per heavy atom. The van der Waals surface area contributed by atoms with Crippen LogP contribution in [0.25, 0.3) is 10.8 Å². The lowest BCUT2D eigenvalue weighted by molar-refractivity contribution is 0.529. The molecule has 5 nitrogen and oxygen atoms in total. The van der Waals surface area contributed by atoms with Gasteiger partial charge >= 0.3 is 0 Å². The van der Waals surface area contributed by atoms with E-state index in [1.54, 1.807) is 0 Å². The predicted octanol–water partition coefficient (Wildman–Crippen LogP) is 2.16. The average Bonchev–Trinajstić information content (AvgIpc) is 2.95. The van der Waals surface area contributed by atoms with Crippen LogP contribution in [0.2, 0.25) is 0 Å². The Kier molecular flexibility index (Phi) is 4.21. The maximum Gasteiger partial charge on any atom is 0.155 e. The molecule has 0 saturated carbocycles. The fraction of sp³-hybridized carbons (Fsp3) is 0.312. The van der Waals surface area contributed by atoms with Gasteiger partial charge in [0.2, 0.25) is 0 Å². The molecular formula is C16H19N5. The van der Waals surface area contributed by atoms with Crippen LogP contribution in [-0.2, 0) is 13.0 Å². The highest BCUT2D eigenvalue weighted by Crippen LogP contribution is 2.20. The van der Waals surface area contributed by atoms with E-state index in [2.05, 4.69) is 58.0 Å². The Morgan fingerprint density at radius 1 is 1.00 bits per heavy atom. The topological polar surface area (TPSA) is 69.6 Å². The van der Waals surface area contributed by atoms with Crippen LogP contribution < -0.4 is 5.73 Å². The van der Waals surface area contributed by atoms with Gasteiger partial charge < -0.3 is 5.73 Å². The van der Waals surface area contributed by atoms with E-state index in [4.69, 9.17) is 5.73 Å². The molecule has 0 bridgehead atoms. The summed E-state index contributed by atoms with van der Waals surface area (Å²) in [5.74, 6) is 0.906. The van der Waals surface area contributed by atoms with Gasteiger partial charge in [0.1, 0.15) is 0 Å². The van der Waals surface area contributed by atoms with E-state index in [-0.39, 0.29) is 0 Å². The van der Waals surface area contributed by atoms with Crippen LogP contribution in [0.3, 0.4) is 0 Å². The van der Waals surface area contributed by atoms with Crippen LogP contribution >= 0.6 is 0 Å². The summed E-state index contributed by atoms with van der Waals surface area (Å²) in [6.45, 7) is 1.53. The zero-order chi connectivity index (χ0) is 14.5. The van der Waals surface area contributed by atoms with Crippen molar-refractivity contribution in [1.29, 1.82) is 0 Å². The van der Waals surface area contributed by atoms with Gasteiger partial charge in [0.15, 0.2) is 5.82 Å². The van der Waals surface area contributed by atoms with Gasteiger partial charge in [-0.2, -0.15) is 0 Å². The second kappa shape index (κ2) is 6.45. The van der Waals surface area contributed by atoms with Crippen LogP contribution in [0.15, 0.2) is 42.5 Å². The van der Waals surface area contributed by atoms with Crippen molar-refractivity contribution < 1.29 is 0 Å². The minimum Gasteiger partial charge on any atom is -0.330 e. The average molecular weight is 281 g/mol. The standard InChI is InChI=1S/C16H19N5/c17-10-3-4-11-21-16(18-19-20-21)12-14-8-5-7-13-6-1-2-9-15(13)14/h1-2,5-9H,3-4,10-12,17H2. The molecule has 0 atom stereocenters. The monoisotopic (exact) mass is 281 g/mol. The fourth-order valence-electron chi connectivity index (χ4n) is 2.55. The molecule has 0 radical (unpaired) electrons. The molecule has 108 valence electrons. The number of nitrogens with two attached hydrogens (primary N) is 1. The second-order valence-corrected chi connectivity index (χ2v) is 5.13. The molecule has 0 spiro atoms. The molecule has 3 rings (SSSR count). The summed E-state index contributed by atoms with van der Waals surface area (Å²) in [6.07, 6.45) is 2.74. The number of unbranched alkanes of at least 4 members (excludes halogenated alkanes) is 1. The van der Waals surface area contributed by atoms with Crippen molar-refractivity contribution in [2.24, 2.45) is 5.73 Å². The normalized spacial score (nSPS) is 11.1. The summed E-state index contributed by atoms with van der Waals surface area (Å²) in [4.78, 5) is 0. The summed E-state index contributed by atoms with van der Waals surface area (Å²) in [5, 5.41) is 14.6. The predicted molar refractivity (Wildman–Crippen MR) is 82.9 cm³/mol. The van der Waals surface area contributed by atoms with Gasteiger partial charge in [-0.1, -0.05) is 42.5 Å². The molecule has 21 heavy (non-hydrogen) atoms. The first-order valence-electron chi connectivity index (χ1n) is 7.30. The molecule has 0 saturated heterocycles. The molecule has 0 aliphatic heterocycles. The summed E-state index contributed by atoms with van der Waals surface area (Å²) >= 11 is 0. The quantitative estimate of drug-likeness (QED) is 0.703.